The van der Waals surface area contributed by atoms with E-state index in [1.165, 1.54) is 16.7 Å². The normalized spacial score (nSPS) is 17.5. The average Bonchev–Trinajstić information content (AvgIpc) is 2.29. The van der Waals surface area contributed by atoms with Gasteiger partial charge in [0.2, 0.25) is 0 Å². The molecule has 0 saturated carbocycles. The molecular formula is C14H21N. The van der Waals surface area contributed by atoms with Crippen molar-refractivity contribution in [1.82, 2.24) is 0 Å². The predicted octanol–water partition coefficient (Wildman–Crippen LogP) is 3.94. The second kappa shape index (κ2) is 5.69. The molecule has 0 fully saturated rings. The molecule has 1 heteroatoms. The first kappa shape index (κ1) is 12.0. The molecule has 0 aromatic heterocycles. The molecule has 0 aromatic carbocycles. The molecule has 1 aliphatic rings. The van der Waals surface area contributed by atoms with Gasteiger partial charge in [0.05, 0.1) is 0 Å². The van der Waals surface area contributed by atoms with Gasteiger partial charge in [-0.05, 0) is 36.8 Å². The van der Waals surface area contributed by atoms with Gasteiger partial charge in [0.1, 0.15) is 0 Å². The van der Waals surface area contributed by atoms with Gasteiger partial charge in [-0.3, -0.25) is 4.99 Å². The minimum absolute atomic E-state index is 0.708. The van der Waals surface area contributed by atoms with Crippen LogP contribution in [0.25, 0.3) is 0 Å². The third kappa shape index (κ3) is 3.86. The van der Waals surface area contributed by atoms with Gasteiger partial charge >= 0.3 is 0 Å². The van der Waals surface area contributed by atoms with Gasteiger partial charge in [-0.25, -0.2) is 0 Å². The van der Waals surface area contributed by atoms with Gasteiger partial charge in [-0.2, -0.15) is 0 Å². The second-order valence-electron chi connectivity index (χ2n) is 4.55. The summed E-state index contributed by atoms with van der Waals surface area (Å²) >= 11 is 0. The Balaban J connectivity index is 2.93. The molecule has 0 heterocycles. The third-order valence-electron chi connectivity index (χ3n) is 2.50. The highest BCUT2D eigenvalue weighted by molar-refractivity contribution is 5.84. The van der Waals surface area contributed by atoms with Gasteiger partial charge < -0.3 is 0 Å². The molecule has 0 aromatic rings. The maximum absolute atomic E-state index is 4.11. The Kier molecular flexibility index (Phi) is 4.54. The standard InChI is InChI=1S/C14H21N/c1-11(2)8-13-7-5-6-12(3)14(9-13)10-15-4/h5,7,9-11H,6,8H2,1-4H3/b15-10-. The molecule has 1 aliphatic carbocycles. The van der Waals surface area contributed by atoms with E-state index in [0.29, 0.717) is 5.92 Å². The van der Waals surface area contributed by atoms with Crippen molar-refractivity contribution in [1.29, 1.82) is 0 Å². The lowest BCUT2D eigenvalue weighted by molar-refractivity contribution is 0.650. The van der Waals surface area contributed by atoms with Crippen molar-refractivity contribution in [3.05, 3.63) is 34.9 Å². The van der Waals surface area contributed by atoms with Gasteiger partial charge in [-0.1, -0.05) is 37.6 Å². The van der Waals surface area contributed by atoms with Crippen molar-refractivity contribution in [2.75, 3.05) is 7.05 Å². The molecular weight excluding hydrogens is 182 g/mol. The third-order valence-corrected chi connectivity index (χ3v) is 2.50. The summed E-state index contributed by atoms with van der Waals surface area (Å²) in [5.74, 6) is 0.708. The lowest BCUT2D eigenvalue weighted by atomic mass is 10.0. The number of rotatable bonds is 3. The molecule has 0 N–H and O–H groups in total. The molecule has 0 aliphatic heterocycles. The van der Waals surface area contributed by atoms with Crippen molar-refractivity contribution in [3.63, 3.8) is 0 Å². The monoisotopic (exact) mass is 203 g/mol. The number of hydrogen-bond donors (Lipinski definition) is 0. The van der Waals surface area contributed by atoms with Crippen LogP contribution in [0.4, 0.5) is 0 Å². The molecule has 1 nitrogen and oxygen atoms in total. The molecule has 82 valence electrons. The van der Waals surface area contributed by atoms with Crippen LogP contribution in [0.2, 0.25) is 0 Å². The van der Waals surface area contributed by atoms with Crippen LogP contribution in [-0.2, 0) is 0 Å². The Labute approximate surface area is 93.3 Å². The first-order valence-electron chi connectivity index (χ1n) is 5.62. The van der Waals surface area contributed by atoms with Gasteiger partial charge in [-0.15, -0.1) is 0 Å². The van der Waals surface area contributed by atoms with Crippen LogP contribution in [0.3, 0.4) is 0 Å². The lowest BCUT2D eigenvalue weighted by Crippen LogP contribution is -1.91. The highest BCUT2D eigenvalue weighted by atomic mass is 14.6. The first-order chi connectivity index (χ1) is 7.13. The van der Waals surface area contributed by atoms with E-state index in [4.69, 9.17) is 0 Å². The van der Waals surface area contributed by atoms with Crippen molar-refractivity contribution < 1.29 is 0 Å². The number of aliphatic imine (C=N–C) groups is 1. The molecule has 0 spiro atoms. The molecule has 0 saturated heterocycles. The van der Waals surface area contributed by atoms with Gasteiger partial charge in [0.15, 0.2) is 0 Å². The van der Waals surface area contributed by atoms with Crippen LogP contribution in [0, 0.1) is 5.92 Å². The highest BCUT2D eigenvalue weighted by Crippen LogP contribution is 2.21. The van der Waals surface area contributed by atoms with Gasteiger partial charge in [0.25, 0.3) is 0 Å². The fraction of sp³-hybridized carbons (Fsp3) is 0.500. The second-order valence-corrected chi connectivity index (χ2v) is 4.55. The van der Waals surface area contributed by atoms with Crippen LogP contribution >= 0.6 is 0 Å². The van der Waals surface area contributed by atoms with E-state index in [1.807, 2.05) is 13.3 Å². The molecule has 0 unspecified atom stereocenters. The summed E-state index contributed by atoms with van der Waals surface area (Å²) in [6, 6.07) is 0. The van der Waals surface area contributed by atoms with Crippen LogP contribution < -0.4 is 0 Å². The van der Waals surface area contributed by atoms with Crippen molar-refractivity contribution >= 4 is 6.21 Å². The zero-order chi connectivity index (χ0) is 11.3. The highest BCUT2D eigenvalue weighted by Gasteiger charge is 2.04. The maximum Gasteiger partial charge on any atom is 0.0281 e. The quantitative estimate of drug-likeness (QED) is 0.616. The van der Waals surface area contributed by atoms with E-state index in [1.54, 1.807) is 0 Å². The topological polar surface area (TPSA) is 12.4 Å². The molecule has 0 radical (unpaired) electrons. The minimum Gasteiger partial charge on any atom is -0.296 e. The molecule has 0 atom stereocenters. The van der Waals surface area contributed by atoms with Crippen molar-refractivity contribution in [3.8, 4) is 0 Å². The van der Waals surface area contributed by atoms with Crippen LogP contribution in [0.15, 0.2) is 39.9 Å². The molecule has 15 heavy (non-hydrogen) atoms. The van der Waals surface area contributed by atoms with Crippen LogP contribution in [0.5, 0.6) is 0 Å². The Bertz CT molecular complexity index is 327. The first-order valence-corrected chi connectivity index (χ1v) is 5.62. The Hall–Kier alpha value is -1.11. The number of nitrogens with zero attached hydrogens (tertiary/aromatic N) is 1. The summed E-state index contributed by atoms with van der Waals surface area (Å²) in [4.78, 5) is 4.11. The van der Waals surface area contributed by atoms with E-state index in [0.717, 1.165) is 12.8 Å². The van der Waals surface area contributed by atoms with Crippen LogP contribution in [-0.4, -0.2) is 13.3 Å². The largest absolute Gasteiger partial charge is 0.296 e. The number of hydrogen-bond acceptors (Lipinski definition) is 1. The van der Waals surface area contributed by atoms with Gasteiger partial charge in [0, 0.05) is 13.3 Å². The Morgan fingerprint density at radius 3 is 2.80 bits per heavy atom. The lowest BCUT2D eigenvalue weighted by Gasteiger charge is -2.05. The fourth-order valence-corrected chi connectivity index (χ4v) is 1.76. The van der Waals surface area contributed by atoms with E-state index < -0.39 is 0 Å². The summed E-state index contributed by atoms with van der Waals surface area (Å²) in [5, 5.41) is 0. The zero-order valence-electron chi connectivity index (χ0n) is 10.2. The van der Waals surface area contributed by atoms with E-state index >= 15 is 0 Å². The maximum atomic E-state index is 4.11. The summed E-state index contributed by atoms with van der Waals surface area (Å²) in [7, 11) is 1.83. The Morgan fingerprint density at radius 1 is 1.47 bits per heavy atom. The molecule has 0 bridgehead atoms. The molecule has 1 rings (SSSR count). The average molecular weight is 203 g/mol. The van der Waals surface area contributed by atoms with Crippen molar-refractivity contribution in [2.45, 2.75) is 33.6 Å². The van der Waals surface area contributed by atoms with Crippen LogP contribution in [0.1, 0.15) is 33.6 Å². The van der Waals surface area contributed by atoms with E-state index in [9.17, 15) is 0 Å². The summed E-state index contributed by atoms with van der Waals surface area (Å²) in [6.45, 7) is 6.68. The van der Waals surface area contributed by atoms with E-state index in [-0.39, 0.29) is 0 Å². The summed E-state index contributed by atoms with van der Waals surface area (Å²) in [5.41, 5.74) is 4.09. The fourth-order valence-electron chi connectivity index (χ4n) is 1.76. The smallest absolute Gasteiger partial charge is 0.0281 e. The minimum atomic E-state index is 0.708. The van der Waals surface area contributed by atoms with Crippen molar-refractivity contribution in [2.24, 2.45) is 10.9 Å². The Morgan fingerprint density at radius 2 is 2.20 bits per heavy atom. The summed E-state index contributed by atoms with van der Waals surface area (Å²) < 4.78 is 0. The van der Waals surface area contributed by atoms with E-state index in [2.05, 4.69) is 44.0 Å². The molecule has 0 amide bonds. The SMILES string of the molecule is C/N=C\C1=C(C)CC=CC(CC(C)C)=C1. The zero-order valence-corrected chi connectivity index (χ0v) is 10.2. The predicted molar refractivity (Wildman–Crippen MR) is 68.4 cm³/mol. The number of allylic oxidation sites excluding steroid dienone is 6. The summed E-state index contributed by atoms with van der Waals surface area (Å²) in [6.07, 6.45) is 10.9.